The van der Waals surface area contributed by atoms with Gasteiger partial charge in [-0.2, -0.15) is 0 Å². The van der Waals surface area contributed by atoms with Crippen LogP contribution in [0.4, 0.5) is 5.69 Å². The quantitative estimate of drug-likeness (QED) is 0.336. The minimum atomic E-state index is -0.788. The highest BCUT2D eigenvalue weighted by Gasteiger charge is 2.72. The van der Waals surface area contributed by atoms with E-state index >= 15 is 0 Å². The van der Waals surface area contributed by atoms with Crippen molar-refractivity contribution in [3.63, 3.8) is 0 Å². The standard InChI is InChI=1S/C25H17Br2NO3/c1-31-19-13-7-6-12-18(19)28-22(29)20-21(23(28)30)25(27)15-9-3-2-8-14(15)24(20,26)16-10-4-5-11-17(16)25/h2-13,20-21H,1H3/t20-,21+,24?,25?. The number of benzene rings is 3. The Labute approximate surface area is 196 Å². The lowest BCUT2D eigenvalue weighted by atomic mass is 9.54. The van der Waals surface area contributed by atoms with Crippen LogP contribution in [0.3, 0.4) is 0 Å². The molecule has 31 heavy (non-hydrogen) atoms. The Kier molecular flexibility index (Phi) is 3.91. The van der Waals surface area contributed by atoms with Gasteiger partial charge in [0.1, 0.15) is 5.75 Å². The average molecular weight is 539 g/mol. The Hall–Kier alpha value is -2.44. The van der Waals surface area contributed by atoms with Gasteiger partial charge in [-0.1, -0.05) is 92.5 Å². The molecule has 1 heterocycles. The molecule has 0 N–H and O–H groups in total. The lowest BCUT2D eigenvalue weighted by Crippen LogP contribution is -2.56. The van der Waals surface area contributed by atoms with Crippen LogP contribution in [-0.2, 0) is 18.2 Å². The number of para-hydroxylation sites is 2. The molecule has 1 fully saturated rings. The topological polar surface area (TPSA) is 46.6 Å². The van der Waals surface area contributed by atoms with Gasteiger partial charge in [-0.25, -0.2) is 4.90 Å². The molecule has 2 bridgehead atoms. The van der Waals surface area contributed by atoms with E-state index in [0.717, 1.165) is 22.3 Å². The molecule has 1 aliphatic heterocycles. The lowest BCUT2D eigenvalue weighted by molar-refractivity contribution is -0.122. The highest BCUT2D eigenvalue weighted by Crippen LogP contribution is 2.71. The van der Waals surface area contributed by atoms with Gasteiger partial charge in [0.2, 0.25) is 11.8 Å². The van der Waals surface area contributed by atoms with Crippen molar-refractivity contribution >= 4 is 49.4 Å². The van der Waals surface area contributed by atoms with Gasteiger partial charge in [0.05, 0.1) is 33.3 Å². The van der Waals surface area contributed by atoms with E-state index in [-0.39, 0.29) is 11.8 Å². The van der Waals surface area contributed by atoms with E-state index in [1.807, 2.05) is 36.4 Å². The fourth-order valence-electron chi connectivity index (χ4n) is 5.72. The summed E-state index contributed by atoms with van der Waals surface area (Å²) in [6.07, 6.45) is 0. The number of halogens is 2. The second kappa shape index (κ2) is 6.30. The predicted molar refractivity (Wildman–Crippen MR) is 125 cm³/mol. The zero-order valence-corrected chi connectivity index (χ0v) is 19.7. The first-order valence-electron chi connectivity index (χ1n) is 10.0. The number of hydrogen-bond acceptors (Lipinski definition) is 3. The summed E-state index contributed by atoms with van der Waals surface area (Å²) in [5.41, 5.74) is 4.57. The lowest BCUT2D eigenvalue weighted by Gasteiger charge is -2.55. The van der Waals surface area contributed by atoms with Crippen LogP contribution in [0.2, 0.25) is 0 Å². The number of carbonyl (C=O) groups is 2. The molecule has 7 rings (SSSR count). The van der Waals surface area contributed by atoms with Crippen LogP contribution in [0.15, 0.2) is 72.8 Å². The molecule has 1 saturated heterocycles. The number of hydrogen-bond donors (Lipinski definition) is 0. The molecule has 3 aromatic rings. The first-order valence-corrected chi connectivity index (χ1v) is 11.6. The molecule has 6 heteroatoms. The summed E-state index contributed by atoms with van der Waals surface area (Å²) in [5, 5.41) is 0. The first-order chi connectivity index (χ1) is 15.0. The fourth-order valence-corrected chi connectivity index (χ4v) is 8.02. The third kappa shape index (κ3) is 2.10. The van der Waals surface area contributed by atoms with Crippen LogP contribution in [-0.4, -0.2) is 18.9 Å². The van der Waals surface area contributed by atoms with E-state index in [4.69, 9.17) is 4.74 Å². The summed E-state index contributed by atoms with van der Waals surface area (Å²) in [6.45, 7) is 0. The number of rotatable bonds is 2. The number of alkyl halides is 2. The molecule has 3 aromatic carbocycles. The first kappa shape index (κ1) is 19.3. The fraction of sp³-hybridized carbons (Fsp3) is 0.200. The van der Waals surface area contributed by atoms with Gasteiger partial charge in [0, 0.05) is 0 Å². The molecule has 2 atom stereocenters. The summed E-state index contributed by atoms with van der Waals surface area (Å²) < 4.78 is 3.91. The van der Waals surface area contributed by atoms with Crippen LogP contribution >= 0.6 is 31.9 Å². The van der Waals surface area contributed by atoms with Crippen molar-refractivity contribution in [2.24, 2.45) is 11.8 Å². The summed E-state index contributed by atoms with van der Waals surface area (Å²) in [7, 11) is 1.55. The number of methoxy groups -OCH3 is 1. The van der Waals surface area contributed by atoms with E-state index in [0.29, 0.717) is 11.4 Å². The summed E-state index contributed by atoms with van der Waals surface area (Å²) in [5.74, 6) is -1.12. The van der Waals surface area contributed by atoms with E-state index in [1.54, 1.807) is 19.2 Å². The monoisotopic (exact) mass is 537 g/mol. The molecule has 0 saturated carbocycles. The average Bonchev–Trinajstić information content (AvgIpc) is 3.08. The van der Waals surface area contributed by atoms with Crippen molar-refractivity contribution in [2.45, 2.75) is 8.65 Å². The van der Waals surface area contributed by atoms with Crippen molar-refractivity contribution in [1.29, 1.82) is 0 Å². The summed E-state index contributed by atoms with van der Waals surface area (Å²) >= 11 is 8.03. The normalized spacial score (nSPS) is 30.1. The van der Waals surface area contributed by atoms with Crippen molar-refractivity contribution in [3.8, 4) is 5.75 Å². The van der Waals surface area contributed by atoms with Gasteiger partial charge < -0.3 is 4.74 Å². The summed E-state index contributed by atoms with van der Waals surface area (Å²) in [6, 6.07) is 23.3. The van der Waals surface area contributed by atoms with Crippen molar-refractivity contribution < 1.29 is 14.3 Å². The Morgan fingerprint density at radius 1 is 0.710 bits per heavy atom. The second-order valence-electron chi connectivity index (χ2n) is 8.15. The highest BCUT2D eigenvalue weighted by atomic mass is 79.9. The summed E-state index contributed by atoms with van der Waals surface area (Å²) in [4.78, 5) is 29.3. The number of anilines is 1. The Bertz CT molecular complexity index is 1170. The maximum Gasteiger partial charge on any atom is 0.240 e. The maximum atomic E-state index is 14.0. The number of carbonyl (C=O) groups excluding carboxylic acids is 2. The van der Waals surface area contributed by atoms with Gasteiger partial charge in [0.15, 0.2) is 0 Å². The molecule has 0 spiro atoms. The van der Waals surface area contributed by atoms with Crippen molar-refractivity contribution in [3.05, 3.63) is 95.1 Å². The Morgan fingerprint density at radius 2 is 1.10 bits per heavy atom. The number of ether oxygens (including phenoxy) is 1. The third-order valence-electron chi connectivity index (χ3n) is 6.91. The Balaban J connectivity index is 1.66. The van der Waals surface area contributed by atoms with Gasteiger partial charge in [-0.15, -0.1) is 0 Å². The molecule has 0 unspecified atom stereocenters. The van der Waals surface area contributed by atoms with Crippen LogP contribution < -0.4 is 9.64 Å². The molecule has 0 radical (unpaired) electrons. The van der Waals surface area contributed by atoms with Crippen molar-refractivity contribution in [1.82, 2.24) is 0 Å². The smallest absolute Gasteiger partial charge is 0.240 e. The van der Waals surface area contributed by atoms with Crippen molar-refractivity contribution in [2.75, 3.05) is 12.0 Å². The molecular weight excluding hydrogens is 522 g/mol. The van der Waals surface area contributed by atoms with Gasteiger partial charge in [0.25, 0.3) is 0 Å². The molecular formula is C25H17Br2NO3. The van der Waals surface area contributed by atoms with Gasteiger partial charge >= 0.3 is 0 Å². The SMILES string of the molecule is COc1ccccc1N1C(=O)[C@@H]2[C@H](C1=O)C1(Br)c3ccccc3C2(Br)c2ccccc21. The molecule has 154 valence electrons. The zero-order chi connectivity index (χ0) is 21.5. The minimum Gasteiger partial charge on any atom is -0.495 e. The molecule has 0 aromatic heterocycles. The van der Waals surface area contributed by atoms with Crippen LogP contribution in [0.1, 0.15) is 22.3 Å². The maximum absolute atomic E-state index is 14.0. The van der Waals surface area contributed by atoms with Gasteiger partial charge in [-0.3, -0.25) is 9.59 Å². The minimum absolute atomic E-state index is 0.218. The molecule has 2 amide bonds. The third-order valence-corrected chi connectivity index (χ3v) is 9.61. The van der Waals surface area contributed by atoms with Crippen LogP contribution in [0, 0.1) is 11.8 Å². The van der Waals surface area contributed by atoms with E-state index < -0.39 is 20.5 Å². The highest BCUT2D eigenvalue weighted by molar-refractivity contribution is 9.10. The number of imide groups is 1. The van der Waals surface area contributed by atoms with Crippen LogP contribution in [0.5, 0.6) is 5.75 Å². The number of nitrogens with zero attached hydrogens (tertiary/aromatic N) is 1. The zero-order valence-electron chi connectivity index (χ0n) is 16.5. The number of amides is 2. The van der Waals surface area contributed by atoms with E-state index in [1.165, 1.54) is 4.90 Å². The Morgan fingerprint density at radius 3 is 1.52 bits per heavy atom. The van der Waals surface area contributed by atoms with Gasteiger partial charge in [-0.05, 0) is 34.4 Å². The predicted octanol–water partition coefficient (Wildman–Crippen LogP) is 5.11. The van der Waals surface area contributed by atoms with Crippen LogP contribution in [0.25, 0.3) is 0 Å². The molecule has 4 nitrogen and oxygen atoms in total. The molecule has 3 aliphatic carbocycles. The van der Waals surface area contributed by atoms with E-state index in [2.05, 4.69) is 56.1 Å². The van der Waals surface area contributed by atoms with E-state index in [9.17, 15) is 9.59 Å². The molecule has 4 aliphatic rings. The largest absolute Gasteiger partial charge is 0.495 e. The second-order valence-corrected chi connectivity index (χ2v) is 10.7.